The Hall–Kier alpha value is -1.91. The van der Waals surface area contributed by atoms with E-state index in [-0.39, 0.29) is 5.69 Å². The summed E-state index contributed by atoms with van der Waals surface area (Å²) in [6.07, 6.45) is 0. The summed E-state index contributed by atoms with van der Waals surface area (Å²) >= 11 is 0. The fourth-order valence-electron chi connectivity index (χ4n) is 1.19. The Bertz CT molecular complexity index is 449. The van der Waals surface area contributed by atoms with Gasteiger partial charge in [-0.3, -0.25) is 9.59 Å². The summed E-state index contributed by atoms with van der Waals surface area (Å²) in [4.78, 5) is 22.5. The zero-order chi connectivity index (χ0) is 13.2. The van der Waals surface area contributed by atoms with Crippen molar-refractivity contribution in [2.75, 3.05) is 5.32 Å². The van der Waals surface area contributed by atoms with Crippen LogP contribution in [-0.4, -0.2) is 17.0 Å². The second-order valence-electron chi connectivity index (χ2n) is 4.40. The van der Waals surface area contributed by atoms with E-state index >= 15 is 0 Å². The maximum atomic E-state index is 13.1. The summed E-state index contributed by atoms with van der Waals surface area (Å²) in [6, 6.07) is 4.03. The van der Waals surface area contributed by atoms with Gasteiger partial charge >= 0.3 is 5.97 Å². The van der Waals surface area contributed by atoms with Gasteiger partial charge in [0.05, 0.1) is 0 Å². The number of aryl methyl sites for hydroxylation is 1. The maximum Gasteiger partial charge on any atom is 0.318 e. The maximum absolute atomic E-state index is 13.1. The van der Waals surface area contributed by atoms with Gasteiger partial charge in [-0.25, -0.2) is 4.39 Å². The predicted octanol–water partition coefficient (Wildman–Crippen LogP) is 2.18. The first-order valence-electron chi connectivity index (χ1n) is 5.05. The number of amides is 1. The Kier molecular flexibility index (Phi) is 3.50. The lowest BCUT2D eigenvalue weighted by Crippen LogP contribution is -2.37. The van der Waals surface area contributed by atoms with Crippen LogP contribution in [0.5, 0.6) is 0 Å². The van der Waals surface area contributed by atoms with Crippen LogP contribution in [0.15, 0.2) is 18.2 Å². The summed E-state index contributed by atoms with van der Waals surface area (Å²) in [6.45, 7) is 4.26. The average molecular weight is 239 g/mol. The van der Waals surface area contributed by atoms with Crippen LogP contribution in [0.2, 0.25) is 0 Å². The van der Waals surface area contributed by atoms with Crippen LogP contribution in [0.4, 0.5) is 10.1 Å². The molecule has 1 aromatic rings. The van der Waals surface area contributed by atoms with Crippen molar-refractivity contribution in [2.45, 2.75) is 20.8 Å². The van der Waals surface area contributed by atoms with Crippen molar-refractivity contribution in [3.8, 4) is 0 Å². The molecule has 1 rings (SSSR count). The number of hydrogen-bond donors (Lipinski definition) is 2. The lowest BCUT2D eigenvalue weighted by molar-refractivity contribution is -0.151. The van der Waals surface area contributed by atoms with Crippen molar-refractivity contribution in [2.24, 2.45) is 5.41 Å². The number of halogens is 1. The van der Waals surface area contributed by atoms with E-state index in [1.165, 1.54) is 19.9 Å². The first-order valence-corrected chi connectivity index (χ1v) is 5.05. The molecule has 17 heavy (non-hydrogen) atoms. The van der Waals surface area contributed by atoms with Gasteiger partial charge in [0.1, 0.15) is 11.2 Å². The third-order valence-corrected chi connectivity index (χ3v) is 2.40. The van der Waals surface area contributed by atoms with Gasteiger partial charge < -0.3 is 10.4 Å². The smallest absolute Gasteiger partial charge is 0.318 e. The highest BCUT2D eigenvalue weighted by Crippen LogP contribution is 2.20. The monoisotopic (exact) mass is 239 g/mol. The van der Waals surface area contributed by atoms with Gasteiger partial charge in [0, 0.05) is 5.69 Å². The molecule has 0 radical (unpaired) electrons. The Morgan fingerprint density at radius 1 is 1.29 bits per heavy atom. The fourth-order valence-corrected chi connectivity index (χ4v) is 1.19. The van der Waals surface area contributed by atoms with E-state index in [0.717, 1.165) is 6.07 Å². The Labute approximate surface area is 98.5 Å². The van der Waals surface area contributed by atoms with Crippen LogP contribution in [0.25, 0.3) is 0 Å². The molecule has 0 spiro atoms. The molecule has 0 saturated heterocycles. The van der Waals surface area contributed by atoms with Crippen LogP contribution < -0.4 is 5.32 Å². The van der Waals surface area contributed by atoms with E-state index in [1.807, 2.05) is 0 Å². The zero-order valence-electron chi connectivity index (χ0n) is 9.87. The van der Waals surface area contributed by atoms with E-state index in [9.17, 15) is 14.0 Å². The Balaban J connectivity index is 2.92. The first-order chi connectivity index (χ1) is 7.73. The van der Waals surface area contributed by atoms with Gasteiger partial charge in [-0.1, -0.05) is 0 Å². The normalized spacial score (nSPS) is 11.1. The van der Waals surface area contributed by atoms with Gasteiger partial charge in [-0.05, 0) is 44.5 Å². The minimum absolute atomic E-state index is 0.252. The van der Waals surface area contributed by atoms with Crippen molar-refractivity contribution >= 4 is 17.6 Å². The molecule has 1 aromatic carbocycles. The number of carbonyl (C=O) groups excluding carboxylic acids is 1. The number of carboxylic acids is 1. The van der Waals surface area contributed by atoms with Gasteiger partial charge in [0.25, 0.3) is 0 Å². The number of nitrogens with one attached hydrogen (secondary N) is 1. The molecule has 0 bridgehead atoms. The van der Waals surface area contributed by atoms with Gasteiger partial charge in [0.2, 0.25) is 5.91 Å². The Morgan fingerprint density at radius 3 is 2.35 bits per heavy atom. The number of benzene rings is 1. The largest absolute Gasteiger partial charge is 0.480 e. The third kappa shape index (κ3) is 3.03. The molecular weight excluding hydrogens is 225 g/mol. The summed E-state index contributed by atoms with van der Waals surface area (Å²) < 4.78 is 13.1. The van der Waals surface area contributed by atoms with Gasteiger partial charge in [-0.15, -0.1) is 0 Å². The quantitative estimate of drug-likeness (QED) is 0.794. The number of carboxylic acid groups (broad SMARTS) is 1. The van der Waals surface area contributed by atoms with Crippen LogP contribution in [-0.2, 0) is 9.59 Å². The van der Waals surface area contributed by atoms with Crippen LogP contribution in [0.3, 0.4) is 0 Å². The summed E-state index contributed by atoms with van der Waals surface area (Å²) in [7, 11) is 0. The van der Waals surface area contributed by atoms with Crippen LogP contribution in [0.1, 0.15) is 19.4 Å². The number of carbonyl (C=O) groups is 2. The highest BCUT2D eigenvalue weighted by atomic mass is 19.1. The van der Waals surface area contributed by atoms with Gasteiger partial charge in [0.15, 0.2) is 0 Å². The summed E-state index contributed by atoms with van der Waals surface area (Å²) in [5.74, 6) is -2.40. The molecule has 0 aliphatic rings. The molecule has 0 atom stereocenters. The van der Waals surface area contributed by atoms with E-state index in [1.54, 1.807) is 13.0 Å². The molecule has 5 heteroatoms. The molecule has 1 amide bonds. The minimum Gasteiger partial charge on any atom is -0.480 e. The number of hydrogen-bond acceptors (Lipinski definition) is 2. The van der Waals surface area contributed by atoms with Crippen molar-refractivity contribution < 1.29 is 19.1 Å². The molecule has 92 valence electrons. The Morgan fingerprint density at radius 2 is 1.88 bits per heavy atom. The van der Waals surface area contributed by atoms with Crippen molar-refractivity contribution in [3.63, 3.8) is 0 Å². The topological polar surface area (TPSA) is 66.4 Å². The van der Waals surface area contributed by atoms with E-state index in [2.05, 4.69) is 5.32 Å². The molecule has 0 unspecified atom stereocenters. The predicted molar refractivity (Wildman–Crippen MR) is 61.2 cm³/mol. The van der Waals surface area contributed by atoms with Crippen molar-refractivity contribution in [1.29, 1.82) is 0 Å². The molecule has 0 fully saturated rings. The number of rotatable bonds is 3. The number of anilines is 1. The molecule has 0 aliphatic heterocycles. The highest BCUT2D eigenvalue weighted by Gasteiger charge is 2.36. The van der Waals surface area contributed by atoms with E-state index < -0.39 is 23.1 Å². The molecular formula is C12H14FNO3. The molecule has 4 nitrogen and oxygen atoms in total. The second kappa shape index (κ2) is 4.53. The van der Waals surface area contributed by atoms with Crippen LogP contribution >= 0.6 is 0 Å². The molecule has 2 N–H and O–H groups in total. The molecule has 0 aliphatic carbocycles. The van der Waals surface area contributed by atoms with Crippen LogP contribution in [0, 0.1) is 18.2 Å². The van der Waals surface area contributed by atoms with Crippen molar-refractivity contribution in [3.05, 3.63) is 29.6 Å². The zero-order valence-corrected chi connectivity index (χ0v) is 9.87. The lowest BCUT2D eigenvalue weighted by Gasteiger charge is -2.18. The second-order valence-corrected chi connectivity index (χ2v) is 4.40. The first kappa shape index (κ1) is 13.2. The summed E-state index contributed by atoms with van der Waals surface area (Å²) in [5.41, 5.74) is -0.657. The molecule has 0 saturated carbocycles. The molecule has 0 aromatic heterocycles. The standard InChI is InChI=1S/C12H14FNO3/c1-7-4-8(13)6-9(5-7)14-10(15)12(2,3)11(16)17/h4-6H,1-3H3,(H,14,15)(H,16,17). The summed E-state index contributed by atoms with van der Waals surface area (Å²) in [5, 5.41) is 11.2. The average Bonchev–Trinajstić information content (AvgIpc) is 2.15. The molecule has 0 heterocycles. The fraction of sp³-hybridized carbons (Fsp3) is 0.333. The number of aliphatic carboxylic acids is 1. The van der Waals surface area contributed by atoms with Crippen molar-refractivity contribution in [1.82, 2.24) is 0 Å². The van der Waals surface area contributed by atoms with E-state index in [0.29, 0.717) is 5.56 Å². The SMILES string of the molecule is Cc1cc(F)cc(NC(=O)C(C)(C)C(=O)O)c1. The minimum atomic E-state index is -1.56. The van der Waals surface area contributed by atoms with E-state index in [4.69, 9.17) is 5.11 Å². The third-order valence-electron chi connectivity index (χ3n) is 2.40. The lowest BCUT2D eigenvalue weighted by atomic mass is 9.92. The van der Waals surface area contributed by atoms with Gasteiger partial charge in [-0.2, -0.15) is 0 Å². The highest BCUT2D eigenvalue weighted by molar-refractivity contribution is 6.07.